The zero-order valence-corrected chi connectivity index (χ0v) is 18.3. The second kappa shape index (κ2) is 9.66. The summed E-state index contributed by atoms with van der Waals surface area (Å²) in [5.74, 6) is 6.05. The van der Waals surface area contributed by atoms with Crippen LogP contribution in [0.25, 0.3) is 11.2 Å². The van der Waals surface area contributed by atoms with Crippen LogP contribution in [-0.2, 0) is 24.3 Å². The molecule has 0 radical (unpaired) electrons. The van der Waals surface area contributed by atoms with E-state index < -0.39 is 5.97 Å². The number of anilines is 1. The number of esters is 1. The summed E-state index contributed by atoms with van der Waals surface area (Å²) in [6.07, 6.45) is 0.593. The molecule has 0 spiro atoms. The van der Waals surface area contributed by atoms with Crippen molar-refractivity contribution in [2.24, 2.45) is 0 Å². The molecule has 0 bridgehead atoms. The van der Waals surface area contributed by atoms with Crippen LogP contribution in [0.4, 0.5) is 5.95 Å². The minimum absolute atomic E-state index is 0.0379. The molecule has 32 heavy (non-hydrogen) atoms. The van der Waals surface area contributed by atoms with Gasteiger partial charge in [-0.2, -0.15) is 9.97 Å². The molecule has 0 amide bonds. The topological polar surface area (TPSA) is 94.3 Å². The Morgan fingerprint density at radius 1 is 1.16 bits per heavy atom. The van der Waals surface area contributed by atoms with Gasteiger partial charge in [-0.05, 0) is 18.9 Å². The number of aryl methyl sites for hydroxylation is 1. The number of fused-ring (bicyclic) bond motifs is 1. The molecule has 1 fully saturated rings. The van der Waals surface area contributed by atoms with Crippen molar-refractivity contribution in [3.8, 4) is 17.9 Å². The number of hydrogen-bond acceptors (Lipinski definition) is 7. The molecule has 3 heterocycles. The molecule has 0 saturated carbocycles. The molecule has 4 rings (SSSR count). The molecule has 1 aromatic carbocycles. The summed E-state index contributed by atoms with van der Waals surface area (Å²) in [5, 5.41) is 3.32. The Kier molecular flexibility index (Phi) is 6.52. The van der Waals surface area contributed by atoms with Gasteiger partial charge in [0.05, 0.1) is 6.54 Å². The largest absolute Gasteiger partial charge is 0.392 e. The van der Waals surface area contributed by atoms with Crippen LogP contribution < -0.4 is 20.5 Å². The highest BCUT2D eigenvalue weighted by molar-refractivity contribution is 5.76. The maximum Gasteiger partial charge on any atom is 0.310 e. The fourth-order valence-electron chi connectivity index (χ4n) is 3.79. The zero-order valence-electron chi connectivity index (χ0n) is 18.3. The summed E-state index contributed by atoms with van der Waals surface area (Å²) in [5.41, 5.74) is 1.40. The van der Waals surface area contributed by atoms with Gasteiger partial charge >= 0.3 is 12.0 Å². The normalized spacial score (nSPS) is 13.6. The smallest absolute Gasteiger partial charge is 0.310 e. The molecule has 0 unspecified atom stereocenters. The molecule has 9 heteroatoms. The van der Waals surface area contributed by atoms with Crippen molar-refractivity contribution in [2.75, 3.05) is 31.1 Å². The lowest BCUT2D eigenvalue weighted by molar-refractivity contribution is -0.132. The number of hydrogen-bond donors (Lipinski definition) is 1. The van der Waals surface area contributed by atoms with E-state index in [0.29, 0.717) is 31.0 Å². The predicted molar refractivity (Wildman–Crippen MR) is 122 cm³/mol. The number of aromatic nitrogens is 4. The fourth-order valence-corrected chi connectivity index (χ4v) is 3.79. The van der Waals surface area contributed by atoms with Crippen molar-refractivity contribution in [2.45, 2.75) is 33.4 Å². The van der Waals surface area contributed by atoms with Crippen LogP contribution in [-0.4, -0.2) is 51.3 Å². The van der Waals surface area contributed by atoms with Crippen molar-refractivity contribution in [1.29, 1.82) is 0 Å². The molecule has 0 aliphatic carbocycles. The molecule has 1 saturated heterocycles. The molecule has 166 valence electrons. The van der Waals surface area contributed by atoms with Gasteiger partial charge in [-0.3, -0.25) is 18.7 Å². The van der Waals surface area contributed by atoms with Crippen LogP contribution >= 0.6 is 0 Å². The van der Waals surface area contributed by atoms with Crippen LogP contribution in [0, 0.1) is 11.8 Å². The van der Waals surface area contributed by atoms with Gasteiger partial charge in [-0.1, -0.05) is 36.3 Å². The number of rotatable bonds is 6. The van der Waals surface area contributed by atoms with Crippen molar-refractivity contribution >= 4 is 23.1 Å². The summed E-state index contributed by atoms with van der Waals surface area (Å²) < 4.78 is 8.55. The first-order chi connectivity index (χ1) is 15.6. The van der Waals surface area contributed by atoms with E-state index in [1.165, 1.54) is 11.5 Å². The average Bonchev–Trinajstić information content (AvgIpc) is 3.17. The Morgan fingerprint density at radius 3 is 2.59 bits per heavy atom. The second-order valence-corrected chi connectivity index (χ2v) is 7.51. The van der Waals surface area contributed by atoms with Crippen molar-refractivity contribution in [3.63, 3.8) is 0 Å². The summed E-state index contributed by atoms with van der Waals surface area (Å²) in [6, 6.07) is 9.79. The number of piperazine rings is 1. The molecule has 3 aromatic rings. The van der Waals surface area contributed by atoms with E-state index in [-0.39, 0.29) is 17.2 Å². The van der Waals surface area contributed by atoms with Crippen LogP contribution in [0.5, 0.6) is 6.01 Å². The van der Waals surface area contributed by atoms with Crippen molar-refractivity contribution < 1.29 is 9.53 Å². The predicted octanol–water partition coefficient (Wildman–Crippen LogP) is 1.19. The molecule has 1 aliphatic heterocycles. The van der Waals surface area contributed by atoms with E-state index in [4.69, 9.17) is 4.74 Å². The van der Waals surface area contributed by atoms with Crippen molar-refractivity contribution in [1.82, 2.24) is 24.4 Å². The van der Waals surface area contributed by atoms with Crippen LogP contribution in [0.3, 0.4) is 0 Å². The molecule has 1 N–H and O–H groups in total. The maximum atomic E-state index is 13.6. The minimum Gasteiger partial charge on any atom is -0.392 e. The van der Waals surface area contributed by atoms with Gasteiger partial charge in [0.15, 0.2) is 11.2 Å². The van der Waals surface area contributed by atoms with E-state index in [2.05, 4.69) is 32.0 Å². The SMILES string of the molecule is CC#CCn1c(N2CCNCC2)nc2nc(OC(C)=O)n(CCc3ccccc3)c(=O)c21. The van der Waals surface area contributed by atoms with E-state index in [9.17, 15) is 9.59 Å². The Bertz CT molecular complexity index is 1230. The van der Waals surface area contributed by atoms with Crippen molar-refractivity contribution in [3.05, 3.63) is 46.2 Å². The van der Waals surface area contributed by atoms with E-state index in [1.807, 2.05) is 34.9 Å². The van der Waals surface area contributed by atoms with Gasteiger partial charge in [0.2, 0.25) is 5.95 Å². The standard InChI is InChI=1S/C23H26N6O3/c1-3-4-13-28-19-20(25-22(28)27-15-11-24-12-16-27)26-23(32-17(2)30)29(21(19)31)14-10-18-8-6-5-7-9-18/h5-9,24H,10-16H2,1-2H3. The highest BCUT2D eigenvalue weighted by atomic mass is 16.5. The van der Waals surface area contributed by atoms with E-state index >= 15 is 0 Å². The summed E-state index contributed by atoms with van der Waals surface area (Å²) >= 11 is 0. The first-order valence-electron chi connectivity index (χ1n) is 10.7. The molecule has 1 aliphatic rings. The van der Waals surface area contributed by atoms with Crippen LogP contribution in [0.2, 0.25) is 0 Å². The van der Waals surface area contributed by atoms with Gasteiger partial charge in [0, 0.05) is 39.6 Å². The lowest BCUT2D eigenvalue weighted by Crippen LogP contribution is -2.44. The second-order valence-electron chi connectivity index (χ2n) is 7.51. The Morgan fingerprint density at radius 2 is 1.91 bits per heavy atom. The van der Waals surface area contributed by atoms with E-state index in [0.717, 1.165) is 31.7 Å². The zero-order chi connectivity index (χ0) is 22.5. The quantitative estimate of drug-likeness (QED) is 0.460. The monoisotopic (exact) mass is 434 g/mol. The fraction of sp³-hybridized carbons (Fsp3) is 0.391. The number of carbonyl (C=O) groups is 1. The molecule has 2 aromatic heterocycles. The lowest BCUT2D eigenvalue weighted by atomic mass is 10.1. The summed E-state index contributed by atoms with van der Waals surface area (Å²) in [4.78, 5) is 36.6. The summed E-state index contributed by atoms with van der Waals surface area (Å²) in [7, 11) is 0. The molecular formula is C23H26N6O3. The van der Waals surface area contributed by atoms with E-state index in [1.54, 1.807) is 6.92 Å². The van der Waals surface area contributed by atoms with Gasteiger partial charge in [0.25, 0.3) is 5.56 Å². The summed E-state index contributed by atoms with van der Waals surface area (Å²) in [6.45, 7) is 6.89. The van der Waals surface area contributed by atoms with Crippen LogP contribution in [0.1, 0.15) is 19.4 Å². The third kappa shape index (κ3) is 4.50. The molecular weight excluding hydrogens is 408 g/mol. The Labute approximate surface area is 186 Å². The number of benzene rings is 1. The third-order valence-electron chi connectivity index (χ3n) is 5.32. The van der Waals surface area contributed by atoms with Gasteiger partial charge in [-0.25, -0.2) is 0 Å². The first-order valence-corrected chi connectivity index (χ1v) is 10.7. The Balaban J connectivity index is 1.84. The molecule has 9 nitrogen and oxygen atoms in total. The van der Waals surface area contributed by atoms with Gasteiger partial charge in [-0.15, -0.1) is 5.92 Å². The number of ether oxygens (including phenoxy) is 1. The minimum atomic E-state index is -0.539. The average molecular weight is 435 g/mol. The molecule has 0 atom stereocenters. The highest BCUT2D eigenvalue weighted by Gasteiger charge is 2.24. The van der Waals surface area contributed by atoms with Gasteiger partial charge < -0.3 is 15.0 Å². The number of imidazole rings is 1. The maximum absolute atomic E-state index is 13.6. The number of nitrogens with zero attached hydrogens (tertiary/aromatic N) is 5. The first kappa shape index (κ1) is 21.6. The van der Waals surface area contributed by atoms with Gasteiger partial charge in [0.1, 0.15) is 0 Å². The lowest BCUT2D eigenvalue weighted by Gasteiger charge is -2.28. The number of nitrogens with one attached hydrogen (secondary N) is 1. The Hall–Kier alpha value is -3.64. The highest BCUT2D eigenvalue weighted by Crippen LogP contribution is 2.22. The van der Waals surface area contributed by atoms with Crippen LogP contribution in [0.15, 0.2) is 35.1 Å². The third-order valence-corrected chi connectivity index (χ3v) is 5.32. The number of carbonyl (C=O) groups excluding carboxylic acids is 1.